The Morgan fingerprint density at radius 2 is 2.11 bits per heavy atom. The lowest BCUT2D eigenvalue weighted by Gasteiger charge is -2.35. The third-order valence-corrected chi connectivity index (χ3v) is 6.23. The fourth-order valence-corrected chi connectivity index (χ4v) is 4.51. The van der Waals surface area contributed by atoms with Crippen LogP contribution in [0.15, 0.2) is 29.1 Å². The summed E-state index contributed by atoms with van der Waals surface area (Å²) >= 11 is 1.42. The van der Waals surface area contributed by atoms with E-state index >= 15 is 0 Å². The standard InChI is InChI=1S/C19H23N5O2S/c1-3-23-6-8-24(9-7-23)17-15-13(2)16(27-19(15)22-12-21-17)18(25)20-11-14-5-4-10-26-14/h4-5,10,12H,3,6-9,11H2,1-2H3,(H,20,25). The van der Waals surface area contributed by atoms with Crippen LogP contribution >= 0.6 is 11.3 Å². The highest BCUT2D eigenvalue weighted by molar-refractivity contribution is 7.20. The van der Waals surface area contributed by atoms with Crippen LogP contribution in [-0.4, -0.2) is 53.5 Å². The summed E-state index contributed by atoms with van der Waals surface area (Å²) < 4.78 is 5.28. The van der Waals surface area contributed by atoms with Crippen LogP contribution in [-0.2, 0) is 6.54 Å². The first kappa shape index (κ1) is 17.9. The molecule has 0 bridgehead atoms. The van der Waals surface area contributed by atoms with Gasteiger partial charge in [0, 0.05) is 26.2 Å². The number of aryl methyl sites for hydroxylation is 1. The Morgan fingerprint density at radius 1 is 1.30 bits per heavy atom. The Morgan fingerprint density at radius 3 is 2.81 bits per heavy atom. The van der Waals surface area contributed by atoms with Crippen LogP contribution in [0.3, 0.4) is 0 Å². The zero-order chi connectivity index (χ0) is 18.8. The maximum Gasteiger partial charge on any atom is 0.262 e. The van der Waals surface area contributed by atoms with Crippen molar-refractivity contribution in [3.63, 3.8) is 0 Å². The van der Waals surface area contributed by atoms with Crippen molar-refractivity contribution in [2.75, 3.05) is 37.6 Å². The molecule has 3 aromatic heterocycles. The average molecular weight is 385 g/mol. The topological polar surface area (TPSA) is 74.5 Å². The van der Waals surface area contributed by atoms with Gasteiger partial charge in [-0.3, -0.25) is 4.79 Å². The number of anilines is 1. The molecule has 0 aliphatic carbocycles. The molecule has 8 heteroatoms. The minimum atomic E-state index is -0.103. The fraction of sp³-hybridized carbons (Fsp3) is 0.421. The van der Waals surface area contributed by atoms with E-state index in [2.05, 4.69) is 32.0 Å². The number of amides is 1. The van der Waals surface area contributed by atoms with Gasteiger partial charge in [0.2, 0.25) is 0 Å². The highest BCUT2D eigenvalue weighted by Crippen LogP contribution is 2.35. The van der Waals surface area contributed by atoms with Crippen molar-refractivity contribution in [3.8, 4) is 0 Å². The Kier molecular flexibility index (Phi) is 5.09. The summed E-state index contributed by atoms with van der Waals surface area (Å²) in [5.74, 6) is 1.57. The number of nitrogens with zero attached hydrogens (tertiary/aromatic N) is 4. The van der Waals surface area contributed by atoms with Crippen LogP contribution in [0.4, 0.5) is 5.82 Å². The van der Waals surface area contributed by atoms with Crippen LogP contribution in [0.1, 0.15) is 27.9 Å². The van der Waals surface area contributed by atoms with Crippen LogP contribution in [0.2, 0.25) is 0 Å². The van der Waals surface area contributed by atoms with Crippen molar-refractivity contribution < 1.29 is 9.21 Å². The van der Waals surface area contributed by atoms with Gasteiger partial charge in [-0.2, -0.15) is 0 Å². The molecule has 1 N–H and O–H groups in total. The third kappa shape index (κ3) is 3.54. The van der Waals surface area contributed by atoms with Gasteiger partial charge in [-0.05, 0) is 31.2 Å². The molecular weight excluding hydrogens is 362 g/mol. The lowest BCUT2D eigenvalue weighted by atomic mass is 10.1. The summed E-state index contributed by atoms with van der Waals surface area (Å²) in [5.41, 5.74) is 0.945. The summed E-state index contributed by atoms with van der Waals surface area (Å²) in [6, 6.07) is 3.66. The molecule has 1 aliphatic heterocycles. The molecule has 1 aliphatic rings. The number of rotatable bonds is 5. The second-order valence-electron chi connectivity index (χ2n) is 6.62. The smallest absolute Gasteiger partial charge is 0.262 e. The number of aromatic nitrogens is 2. The average Bonchev–Trinajstić information content (AvgIpc) is 3.34. The summed E-state index contributed by atoms with van der Waals surface area (Å²) in [5, 5.41) is 3.92. The molecule has 0 atom stereocenters. The zero-order valence-electron chi connectivity index (χ0n) is 15.6. The first-order chi connectivity index (χ1) is 13.2. The SMILES string of the molecule is CCN1CCN(c2ncnc3sc(C(=O)NCc4ccco4)c(C)c23)CC1. The quantitative estimate of drug-likeness (QED) is 0.728. The van der Waals surface area contributed by atoms with Crippen molar-refractivity contribution in [1.29, 1.82) is 0 Å². The van der Waals surface area contributed by atoms with Gasteiger partial charge < -0.3 is 19.5 Å². The minimum Gasteiger partial charge on any atom is -0.467 e. The van der Waals surface area contributed by atoms with Gasteiger partial charge in [0.1, 0.15) is 22.7 Å². The summed E-state index contributed by atoms with van der Waals surface area (Å²) in [7, 11) is 0. The maximum atomic E-state index is 12.7. The van der Waals surface area contributed by atoms with E-state index in [1.54, 1.807) is 12.6 Å². The third-order valence-electron chi connectivity index (χ3n) is 5.04. The summed E-state index contributed by atoms with van der Waals surface area (Å²) in [6.45, 7) is 9.56. The molecule has 0 unspecified atom stereocenters. The van der Waals surface area contributed by atoms with Gasteiger partial charge >= 0.3 is 0 Å². The van der Waals surface area contributed by atoms with Crippen molar-refractivity contribution in [1.82, 2.24) is 20.2 Å². The maximum absolute atomic E-state index is 12.7. The van der Waals surface area contributed by atoms with Crippen LogP contribution in [0.5, 0.6) is 0 Å². The number of carbonyl (C=O) groups excluding carboxylic acids is 1. The van der Waals surface area contributed by atoms with E-state index < -0.39 is 0 Å². The number of furan rings is 1. The molecule has 7 nitrogen and oxygen atoms in total. The van der Waals surface area contributed by atoms with E-state index in [4.69, 9.17) is 4.42 Å². The van der Waals surface area contributed by atoms with E-state index in [9.17, 15) is 4.79 Å². The lowest BCUT2D eigenvalue weighted by molar-refractivity contribution is 0.0951. The predicted octanol–water partition coefficient (Wildman–Crippen LogP) is 2.66. The molecule has 3 aromatic rings. The predicted molar refractivity (Wildman–Crippen MR) is 106 cm³/mol. The number of piperazine rings is 1. The molecular formula is C19H23N5O2S. The molecule has 0 spiro atoms. The second-order valence-corrected chi connectivity index (χ2v) is 7.62. The summed E-state index contributed by atoms with van der Waals surface area (Å²) in [6.07, 6.45) is 3.21. The molecule has 0 radical (unpaired) electrons. The van der Waals surface area contributed by atoms with Gasteiger partial charge in [0.05, 0.1) is 23.1 Å². The van der Waals surface area contributed by atoms with Gasteiger partial charge in [0.25, 0.3) is 5.91 Å². The van der Waals surface area contributed by atoms with E-state index in [-0.39, 0.29) is 5.91 Å². The zero-order valence-corrected chi connectivity index (χ0v) is 16.4. The number of likely N-dealkylation sites (N-methyl/N-ethyl adjacent to an activating group) is 1. The van der Waals surface area contributed by atoms with Crippen LogP contribution in [0, 0.1) is 6.92 Å². The first-order valence-corrected chi connectivity index (χ1v) is 10.0. The normalized spacial score (nSPS) is 15.4. The largest absolute Gasteiger partial charge is 0.467 e. The van der Waals surface area contributed by atoms with Crippen LogP contribution < -0.4 is 10.2 Å². The van der Waals surface area contributed by atoms with Crippen molar-refractivity contribution in [2.45, 2.75) is 20.4 Å². The van der Waals surface area contributed by atoms with E-state index in [0.717, 1.165) is 60.1 Å². The molecule has 1 fully saturated rings. The van der Waals surface area contributed by atoms with Crippen molar-refractivity contribution in [3.05, 3.63) is 40.9 Å². The van der Waals surface area contributed by atoms with Crippen molar-refractivity contribution in [2.24, 2.45) is 0 Å². The highest BCUT2D eigenvalue weighted by atomic mass is 32.1. The molecule has 1 amide bonds. The van der Waals surface area contributed by atoms with E-state index in [1.165, 1.54) is 11.3 Å². The number of hydrogen-bond acceptors (Lipinski definition) is 7. The molecule has 4 heterocycles. The number of hydrogen-bond donors (Lipinski definition) is 1. The van der Waals surface area contributed by atoms with Gasteiger partial charge in [-0.25, -0.2) is 9.97 Å². The molecule has 1 saturated heterocycles. The van der Waals surface area contributed by atoms with Gasteiger partial charge in [0.15, 0.2) is 0 Å². The van der Waals surface area contributed by atoms with Crippen molar-refractivity contribution >= 4 is 33.3 Å². The minimum absolute atomic E-state index is 0.103. The summed E-state index contributed by atoms with van der Waals surface area (Å²) in [4.78, 5) is 27.9. The van der Waals surface area contributed by atoms with E-state index in [0.29, 0.717) is 11.4 Å². The lowest BCUT2D eigenvalue weighted by Crippen LogP contribution is -2.46. The molecule has 4 rings (SSSR count). The number of carbonyl (C=O) groups is 1. The van der Waals surface area contributed by atoms with Crippen LogP contribution in [0.25, 0.3) is 10.2 Å². The van der Waals surface area contributed by atoms with Gasteiger partial charge in [-0.15, -0.1) is 11.3 Å². The fourth-order valence-electron chi connectivity index (χ4n) is 3.45. The molecule has 0 saturated carbocycles. The molecule has 0 aromatic carbocycles. The Labute approximate surface area is 162 Å². The Balaban J connectivity index is 1.59. The van der Waals surface area contributed by atoms with Gasteiger partial charge in [-0.1, -0.05) is 6.92 Å². The van der Waals surface area contributed by atoms with E-state index in [1.807, 2.05) is 19.1 Å². The number of nitrogens with one attached hydrogen (secondary N) is 1. The second kappa shape index (κ2) is 7.66. The molecule has 27 heavy (non-hydrogen) atoms. The monoisotopic (exact) mass is 385 g/mol. The Hall–Kier alpha value is -2.45. The highest BCUT2D eigenvalue weighted by Gasteiger charge is 2.24. The Bertz CT molecular complexity index is 929. The first-order valence-electron chi connectivity index (χ1n) is 9.19. The molecule has 142 valence electrons. The number of fused-ring (bicyclic) bond motifs is 1. The number of thiophene rings is 1.